The number of likely N-dealkylation sites (N-methyl/N-ethyl adjacent to an activating group) is 1. The molecule has 0 aromatic rings. The number of hydrogen-bond donors (Lipinski definition) is 1. The van der Waals surface area contributed by atoms with Crippen molar-refractivity contribution in [2.24, 2.45) is 5.92 Å². The van der Waals surface area contributed by atoms with E-state index >= 15 is 0 Å². The van der Waals surface area contributed by atoms with Crippen LogP contribution in [0.3, 0.4) is 0 Å². The second-order valence-electron chi connectivity index (χ2n) is 5.76. The summed E-state index contributed by atoms with van der Waals surface area (Å²) in [5, 5.41) is 3.63. The predicted molar refractivity (Wildman–Crippen MR) is 69.9 cm³/mol. The van der Waals surface area contributed by atoms with Crippen molar-refractivity contribution in [1.29, 1.82) is 0 Å². The molecule has 1 atom stereocenters. The molecule has 1 saturated heterocycles. The van der Waals surface area contributed by atoms with Crippen molar-refractivity contribution in [2.75, 3.05) is 20.1 Å². The maximum Gasteiger partial charge on any atom is 0.222 e. The van der Waals surface area contributed by atoms with Gasteiger partial charge in [0, 0.05) is 26.1 Å². The summed E-state index contributed by atoms with van der Waals surface area (Å²) in [5.74, 6) is 1.26. The number of carbonyl (C=O) groups is 1. The number of hydrogen-bond acceptors (Lipinski definition) is 2. The number of carbonyl (C=O) groups excluding carboxylic acids is 1. The van der Waals surface area contributed by atoms with Crippen molar-refractivity contribution >= 4 is 5.91 Å². The van der Waals surface area contributed by atoms with E-state index in [1.807, 2.05) is 11.9 Å². The number of rotatable bonds is 4. The highest BCUT2D eigenvalue weighted by Crippen LogP contribution is 2.25. The number of nitrogens with zero attached hydrogens (tertiary/aromatic N) is 1. The molecule has 2 fully saturated rings. The fraction of sp³-hybridized carbons (Fsp3) is 0.929. The summed E-state index contributed by atoms with van der Waals surface area (Å²) in [4.78, 5) is 13.2. The quantitative estimate of drug-likeness (QED) is 0.814. The second-order valence-corrected chi connectivity index (χ2v) is 5.76. The number of piperidine rings is 1. The standard InChI is InChI=1S/C14H26N2O/c1-16-11-13(7-8-14(16)17)15-10-9-12-5-3-2-4-6-12/h12-13,15H,2-11H2,1H3. The minimum Gasteiger partial charge on any atom is -0.344 e. The number of amides is 1. The van der Waals surface area contributed by atoms with Gasteiger partial charge in [0.15, 0.2) is 0 Å². The molecule has 1 heterocycles. The van der Waals surface area contributed by atoms with Gasteiger partial charge in [0.2, 0.25) is 5.91 Å². The first kappa shape index (κ1) is 12.9. The van der Waals surface area contributed by atoms with E-state index in [1.165, 1.54) is 38.5 Å². The summed E-state index contributed by atoms with van der Waals surface area (Å²) in [6.07, 6.45) is 10.3. The molecule has 17 heavy (non-hydrogen) atoms. The first-order chi connectivity index (χ1) is 8.25. The highest BCUT2D eigenvalue weighted by molar-refractivity contribution is 5.76. The molecule has 1 saturated carbocycles. The summed E-state index contributed by atoms with van der Waals surface area (Å²) >= 11 is 0. The fourth-order valence-corrected chi connectivity index (χ4v) is 3.15. The maximum atomic E-state index is 11.4. The van der Waals surface area contributed by atoms with E-state index in [1.54, 1.807) is 0 Å². The first-order valence-corrected chi connectivity index (χ1v) is 7.23. The van der Waals surface area contributed by atoms with Crippen molar-refractivity contribution in [2.45, 2.75) is 57.4 Å². The van der Waals surface area contributed by atoms with E-state index in [4.69, 9.17) is 0 Å². The van der Waals surface area contributed by atoms with Crippen LogP contribution >= 0.6 is 0 Å². The van der Waals surface area contributed by atoms with Gasteiger partial charge in [-0.25, -0.2) is 0 Å². The zero-order chi connectivity index (χ0) is 12.1. The molecule has 2 rings (SSSR count). The van der Waals surface area contributed by atoms with Gasteiger partial charge in [-0.15, -0.1) is 0 Å². The topological polar surface area (TPSA) is 32.3 Å². The predicted octanol–water partition coefficient (Wildman–Crippen LogP) is 2.17. The van der Waals surface area contributed by atoms with E-state index in [0.29, 0.717) is 11.9 Å². The van der Waals surface area contributed by atoms with Crippen LogP contribution in [0.2, 0.25) is 0 Å². The van der Waals surface area contributed by atoms with Crippen molar-refractivity contribution in [3.63, 3.8) is 0 Å². The molecule has 0 bridgehead atoms. The molecular weight excluding hydrogens is 212 g/mol. The van der Waals surface area contributed by atoms with Crippen LogP contribution in [-0.2, 0) is 4.79 Å². The Labute approximate surface area is 105 Å². The summed E-state index contributed by atoms with van der Waals surface area (Å²) in [6, 6.07) is 0.529. The van der Waals surface area contributed by atoms with Crippen LogP contribution in [0, 0.1) is 5.92 Å². The van der Waals surface area contributed by atoms with E-state index < -0.39 is 0 Å². The lowest BCUT2D eigenvalue weighted by atomic mass is 9.87. The van der Waals surface area contributed by atoms with Crippen LogP contribution in [0.25, 0.3) is 0 Å². The van der Waals surface area contributed by atoms with Crippen LogP contribution in [0.5, 0.6) is 0 Å². The Balaban J connectivity index is 1.60. The van der Waals surface area contributed by atoms with Gasteiger partial charge >= 0.3 is 0 Å². The Morgan fingerprint density at radius 3 is 2.71 bits per heavy atom. The Morgan fingerprint density at radius 1 is 1.24 bits per heavy atom. The van der Waals surface area contributed by atoms with Crippen LogP contribution in [0.4, 0.5) is 0 Å². The molecule has 1 N–H and O–H groups in total. The summed E-state index contributed by atoms with van der Waals surface area (Å²) < 4.78 is 0. The lowest BCUT2D eigenvalue weighted by molar-refractivity contribution is -0.132. The Kier molecular flexibility index (Phi) is 4.84. The molecule has 0 radical (unpaired) electrons. The molecule has 98 valence electrons. The molecule has 0 spiro atoms. The normalized spacial score (nSPS) is 27.5. The van der Waals surface area contributed by atoms with E-state index in [0.717, 1.165) is 31.8 Å². The Bertz CT molecular complexity index is 249. The smallest absolute Gasteiger partial charge is 0.222 e. The number of nitrogens with one attached hydrogen (secondary N) is 1. The van der Waals surface area contributed by atoms with Crippen LogP contribution in [-0.4, -0.2) is 37.0 Å². The summed E-state index contributed by atoms with van der Waals surface area (Å²) in [7, 11) is 1.91. The van der Waals surface area contributed by atoms with Crippen LogP contribution in [0.15, 0.2) is 0 Å². The van der Waals surface area contributed by atoms with Crippen LogP contribution in [0.1, 0.15) is 51.4 Å². The third kappa shape index (κ3) is 3.98. The van der Waals surface area contributed by atoms with Gasteiger partial charge in [0.05, 0.1) is 0 Å². The molecule has 3 nitrogen and oxygen atoms in total. The van der Waals surface area contributed by atoms with Gasteiger partial charge in [0.25, 0.3) is 0 Å². The average Bonchev–Trinajstić information content (AvgIpc) is 2.35. The SMILES string of the molecule is CN1CC(NCCC2CCCCC2)CCC1=O. The second kappa shape index (κ2) is 6.39. The van der Waals surface area contributed by atoms with E-state index in [-0.39, 0.29) is 0 Å². The van der Waals surface area contributed by atoms with Crippen molar-refractivity contribution in [1.82, 2.24) is 10.2 Å². The Morgan fingerprint density at radius 2 is 2.00 bits per heavy atom. The highest BCUT2D eigenvalue weighted by atomic mass is 16.2. The minimum absolute atomic E-state index is 0.301. The number of likely N-dealkylation sites (tertiary alicyclic amines) is 1. The van der Waals surface area contributed by atoms with Gasteiger partial charge in [-0.1, -0.05) is 32.1 Å². The zero-order valence-electron chi connectivity index (χ0n) is 11.1. The van der Waals surface area contributed by atoms with Crippen molar-refractivity contribution in [3.8, 4) is 0 Å². The summed E-state index contributed by atoms with van der Waals surface area (Å²) in [6.45, 7) is 2.03. The largest absolute Gasteiger partial charge is 0.344 e. The average molecular weight is 238 g/mol. The third-order valence-electron chi connectivity index (χ3n) is 4.34. The van der Waals surface area contributed by atoms with Gasteiger partial charge in [-0.3, -0.25) is 4.79 Å². The van der Waals surface area contributed by atoms with Crippen LogP contribution < -0.4 is 5.32 Å². The van der Waals surface area contributed by atoms with Gasteiger partial charge < -0.3 is 10.2 Å². The van der Waals surface area contributed by atoms with Gasteiger partial charge in [-0.05, 0) is 25.3 Å². The molecule has 1 unspecified atom stereocenters. The van der Waals surface area contributed by atoms with Crippen molar-refractivity contribution < 1.29 is 4.79 Å². The highest BCUT2D eigenvalue weighted by Gasteiger charge is 2.22. The lowest BCUT2D eigenvalue weighted by Gasteiger charge is -2.31. The fourth-order valence-electron chi connectivity index (χ4n) is 3.15. The van der Waals surface area contributed by atoms with Gasteiger partial charge in [0.1, 0.15) is 0 Å². The minimum atomic E-state index is 0.301. The molecule has 2 aliphatic rings. The molecular formula is C14H26N2O. The lowest BCUT2D eigenvalue weighted by Crippen LogP contribution is -2.47. The molecule has 1 amide bonds. The Hall–Kier alpha value is -0.570. The van der Waals surface area contributed by atoms with E-state index in [9.17, 15) is 4.79 Å². The zero-order valence-corrected chi connectivity index (χ0v) is 11.1. The van der Waals surface area contributed by atoms with Gasteiger partial charge in [-0.2, -0.15) is 0 Å². The molecule has 1 aliphatic carbocycles. The molecule has 1 aliphatic heterocycles. The molecule has 3 heteroatoms. The maximum absolute atomic E-state index is 11.4. The molecule has 0 aromatic carbocycles. The third-order valence-corrected chi connectivity index (χ3v) is 4.34. The molecule has 0 aromatic heterocycles. The summed E-state index contributed by atoms with van der Waals surface area (Å²) in [5.41, 5.74) is 0. The first-order valence-electron chi connectivity index (χ1n) is 7.23. The monoisotopic (exact) mass is 238 g/mol. The van der Waals surface area contributed by atoms with Crippen molar-refractivity contribution in [3.05, 3.63) is 0 Å². The van der Waals surface area contributed by atoms with E-state index in [2.05, 4.69) is 5.32 Å².